The summed E-state index contributed by atoms with van der Waals surface area (Å²) in [6.45, 7) is 0.411. The van der Waals surface area contributed by atoms with Gasteiger partial charge in [-0.15, -0.1) is 0 Å². The molecule has 3 rings (SSSR count). The third-order valence-electron chi connectivity index (χ3n) is 3.95. The van der Waals surface area contributed by atoms with E-state index in [0.29, 0.717) is 24.7 Å². The van der Waals surface area contributed by atoms with Crippen LogP contribution in [0, 0.1) is 11.6 Å². The normalized spacial score (nSPS) is 16.5. The number of rotatable bonds is 3. The lowest BCUT2D eigenvalue weighted by atomic mass is 10.2. The van der Waals surface area contributed by atoms with Gasteiger partial charge >= 0.3 is 0 Å². The van der Waals surface area contributed by atoms with Crippen molar-refractivity contribution in [3.05, 3.63) is 59.7 Å². The minimum Gasteiger partial charge on any atom is -0.319 e. The Labute approximate surface area is 144 Å². The highest BCUT2D eigenvalue weighted by Crippen LogP contribution is 2.24. The summed E-state index contributed by atoms with van der Waals surface area (Å²) >= 11 is 0. The summed E-state index contributed by atoms with van der Waals surface area (Å²) < 4.78 is 52.0. The molecule has 1 N–H and O–H groups in total. The highest BCUT2D eigenvalue weighted by atomic mass is 32.2. The number of anilines is 2. The molecule has 0 saturated carbocycles. The maximum Gasteiger partial charge on any atom is 0.255 e. The topological polar surface area (TPSA) is 66.5 Å². The molecular weight excluding hydrogens is 350 g/mol. The number of carbonyl (C=O) groups is 1. The van der Waals surface area contributed by atoms with E-state index >= 15 is 0 Å². The number of amides is 1. The van der Waals surface area contributed by atoms with Crippen molar-refractivity contribution in [2.75, 3.05) is 21.9 Å². The summed E-state index contributed by atoms with van der Waals surface area (Å²) in [5, 5.41) is 2.36. The number of halogens is 2. The van der Waals surface area contributed by atoms with Gasteiger partial charge in [-0.3, -0.25) is 9.10 Å². The molecule has 0 unspecified atom stereocenters. The third-order valence-corrected chi connectivity index (χ3v) is 5.82. The summed E-state index contributed by atoms with van der Waals surface area (Å²) in [6, 6.07) is 8.88. The van der Waals surface area contributed by atoms with Crippen LogP contribution in [0.4, 0.5) is 20.2 Å². The number of hydrogen-bond acceptors (Lipinski definition) is 3. The Morgan fingerprint density at radius 3 is 2.40 bits per heavy atom. The first kappa shape index (κ1) is 17.3. The summed E-state index contributed by atoms with van der Waals surface area (Å²) in [4.78, 5) is 12.2. The molecule has 0 radical (unpaired) electrons. The molecule has 1 heterocycles. The minimum atomic E-state index is -3.32. The monoisotopic (exact) mass is 366 g/mol. The van der Waals surface area contributed by atoms with Crippen LogP contribution >= 0.6 is 0 Å². The largest absolute Gasteiger partial charge is 0.319 e. The van der Waals surface area contributed by atoms with Crippen LogP contribution in [-0.2, 0) is 10.0 Å². The first-order valence-corrected chi connectivity index (χ1v) is 9.35. The maximum atomic E-state index is 13.6. The van der Waals surface area contributed by atoms with E-state index in [-0.39, 0.29) is 17.0 Å². The van der Waals surface area contributed by atoms with Crippen LogP contribution in [0.5, 0.6) is 0 Å². The number of benzene rings is 2. The molecule has 0 bridgehead atoms. The number of sulfonamides is 1. The van der Waals surface area contributed by atoms with Crippen molar-refractivity contribution < 1.29 is 22.0 Å². The number of hydrogen-bond donors (Lipinski definition) is 1. The van der Waals surface area contributed by atoms with Gasteiger partial charge < -0.3 is 5.32 Å². The van der Waals surface area contributed by atoms with Crippen LogP contribution in [0.15, 0.2) is 42.5 Å². The van der Waals surface area contributed by atoms with Gasteiger partial charge in [0.25, 0.3) is 5.91 Å². The molecule has 1 aliphatic heterocycles. The summed E-state index contributed by atoms with van der Waals surface area (Å²) in [6.07, 6.45) is 1.42. The fourth-order valence-corrected chi connectivity index (χ4v) is 4.28. The molecule has 8 heteroatoms. The molecule has 1 fully saturated rings. The highest BCUT2D eigenvalue weighted by molar-refractivity contribution is 7.92. The standard InChI is InChI=1S/C17H16F2N2O3S/c18-13-5-8-16(15(19)11-13)20-17(22)12-3-6-14(7-4-12)21-9-1-2-10-25(21,23)24/h3-8,11H,1-2,9-10H2,(H,20,22). The van der Waals surface area contributed by atoms with Crippen molar-refractivity contribution in [2.24, 2.45) is 0 Å². The Kier molecular flexibility index (Phi) is 4.71. The van der Waals surface area contributed by atoms with Gasteiger partial charge in [0.15, 0.2) is 0 Å². The molecule has 2 aromatic carbocycles. The third kappa shape index (κ3) is 3.79. The van der Waals surface area contributed by atoms with Crippen molar-refractivity contribution in [2.45, 2.75) is 12.8 Å². The fraction of sp³-hybridized carbons (Fsp3) is 0.235. The molecule has 0 spiro atoms. The van der Waals surface area contributed by atoms with Gasteiger partial charge in [-0.1, -0.05) is 0 Å². The Balaban J connectivity index is 1.76. The Morgan fingerprint density at radius 2 is 1.76 bits per heavy atom. The summed E-state index contributed by atoms with van der Waals surface area (Å²) in [7, 11) is -3.32. The van der Waals surface area contributed by atoms with Gasteiger partial charge in [-0.25, -0.2) is 17.2 Å². The van der Waals surface area contributed by atoms with Crippen LogP contribution in [0.3, 0.4) is 0 Å². The van der Waals surface area contributed by atoms with E-state index in [1.165, 1.54) is 16.4 Å². The first-order valence-electron chi connectivity index (χ1n) is 7.74. The van der Waals surface area contributed by atoms with Crippen molar-refractivity contribution in [3.63, 3.8) is 0 Å². The lowest BCUT2D eigenvalue weighted by molar-refractivity contribution is 0.102. The van der Waals surface area contributed by atoms with Crippen LogP contribution in [0.2, 0.25) is 0 Å². The lowest BCUT2D eigenvalue weighted by Crippen LogP contribution is -2.37. The van der Waals surface area contributed by atoms with Crippen LogP contribution in [0.25, 0.3) is 0 Å². The second kappa shape index (κ2) is 6.79. The maximum absolute atomic E-state index is 13.6. The van der Waals surface area contributed by atoms with Crippen LogP contribution < -0.4 is 9.62 Å². The second-order valence-corrected chi connectivity index (χ2v) is 7.73. The van der Waals surface area contributed by atoms with E-state index < -0.39 is 27.6 Å². The quantitative estimate of drug-likeness (QED) is 0.907. The number of nitrogens with zero attached hydrogens (tertiary/aromatic N) is 1. The Morgan fingerprint density at radius 1 is 1.04 bits per heavy atom. The zero-order valence-corrected chi connectivity index (χ0v) is 14.0. The van der Waals surface area contributed by atoms with E-state index in [1.54, 1.807) is 12.1 Å². The predicted molar refractivity (Wildman–Crippen MR) is 91.1 cm³/mol. The Hall–Kier alpha value is -2.48. The van der Waals surface area contributed by atoms with E-state index in [2.05, 4.69) is 5.32 Å². The zero-order valence-electron chi connectivity index (χ0n) is 13.2. The van der Waals surface area contributed by atoms with Gasteiger partial charge in [0.1, 0.15) is 11.6 Å². The van der Waals surface area contributed by atoms with Crippen LogP contribution in [0.1, 0.15) is 23.2 Å². The van der Waals surface area contributed by atoms with E-state index in [9.17, 15) is 22.0 Å². The lowest BCUT2D eigenvalue weighted by Gasteiger charge is -2.28. The average Bonchev–Trinajstić information content (AvgIpc) is 2.57. The molecule has 1 saturated heterocycles. The summed E-state index contributed by atoms with van der Waals surface area (Å²) in [5.41, 5.74) is 0.597. The fourth-order valence-electron chi connectivity index (χ4n) is 2.64. The molecule has 0 aromatic heterocycles. The average molecular weight is 366 g/mol. The van der Waals surface area contributed by atoms with Gasteiger partial charge in [-0.2, -0.15) is 0 Å². The minimum absolute atomic E-state index is 0.110. The Bertz CT molecular complexity index is 899. The molecular formula is C17H16F2N2O3S. The molecule has 25 heavy (non-hydrogen) atoms. The molecule has 1 aliphatic rings. The second-order valence-electron chi connectivity index (χ2n) is 5.72. The van der Waals surface area contributed by atoms with E-state index in [1.807, 2.05) is 0 Å². The van der Waals surface area contributed by atoms with Gasteiger partial charge in [-0.05, 0) is 49.2 Å². The molecule has 0 atom stereocenters. The number of carbonyl (C=O) groups excluding carboxylic acids is 1. The van der Waals surface area contributed by atoms with Crippen LogP contribution in [-0.4, -0.2) is 26.6 Å². The van der Waals surface area contributed by atoms with E-state index in [0.717, 1.165) is 18.6 Å². The molecule has 1 amide bonds. The van der Waals surface area contributed by atoms with Crippen molar-refractivity contribution in [1.29, 1.82) is 0 Å². The van der Waals surface area contributed by atoms with Gasteiger partial charge in [0, 0.05) is 18.2 Å². The van der Waals surface area contributed by atoms with E-state index in [4.69, 9.17) is 0 Å². The predicted octanol–water partition coefficient (Wildman–Crippen LogP) is 3.15. The molecule has 0 aliphatic carbocycles. The summed E-state index contributed by atoms with van der Waals surface area (Å²) in [5.74, 6) is -2.07. The molecule has 5 nitrogen and oxygen atoms in total. The first-order chi connectivity index (χ1) is 11.9. The van der Waals surface area contributed by atoms with Gasteiger partial charge in [0.05, 0.1) is 17.1 Å². The molecule has 132 valence electrons. The van der Waals surface area contributed by atoms with Crippen molar-refractivity contribution >= 4 is 27.3 Å². The SMILES string of the molecule is O=C(Nc1ccc(F)cc1F)c1ccc(N2CCCCS2(=O)=O)cc1. The number of nitrogens with one attached hydrogen (secondary N) is 1. The highest BCUT2D eigenvalue weighted by Gasteiger charge is 2.26. The van der Waals surface area contributed by atoms with Gasteiger partial charge in [0.2, 0.25) is 10.0 Å². The smallest absolute Gasteiger partial charge is 0.255 e. The van der Waals surface area contributed by atoms with Crippen molar-refractivity contribution in [1.82, 2.24) is 0 Å². The zero-order chi connectivity index (χ0) is 18.0. The molecule has 2 aromatic rings. The van der Waals surface area contributed by atoms with Crippen molar-refractivity contribution in [3.8, 4) is 0 Å².